The van der Waals surface area contributed by atoms with Gasteiger partial charge in [0.1, 0.15) is 12.4 Å². The van der Waals surface area contributed by atoms with Crippen molar-refractivity contribution in [2.45, 2.75) is 13.2 Å². The maximum atomic E-state index is 13.5. The number of ether oxygens (including phenoxy) is 1. The van der Waals surface area contributed by atoms with Crippen LogP contribution >= 0.6 is 0 Å². The maximum Gasteiger partial charge on any atom is 0.220 e. The average Bonchev–Trinajstić information content (AvgIpc) is 3.19. The van der Waals surface area contributed by atoms with Crippen molar-refractivity contribution in [1.29, 1.82) is 0 Å². The number of carbonyl (C=O) groups is 1. The standard InChI is InChI=1S/C27H21FN4O2/c28-22-9-7-20(8-10-22)17-31-25-6-2-1-5-24(25)26(34-18-21-11-14-29-15-12-21)27(31)32(19-33)23-4-3-13-30-16-23/h1-16,19H,17-18H2. The van der Waals surface area contributed by atoms with Crippen LogP contribution in [0.3, 0.4) is 0 Å². The van der Waals surface area contributed by atoms with Crippen LogP contribution < -0.4 is 9.64 Å². The van der Waals surface area contributed by atoms with E-state index in [-0.39, 0.29) is 5.82 Å². The number of aromatic nitrogens is 3. The van der Waals surface area contributed by atoms with Gasteiger partial charge in [0.25, 0.3) is 0 Å². The summed E-state index contributed by atoms with van der Waals surface area (Å²) in [6.07, 6.45) is 7.46. The summed E-state index contributed by atoms with van der Waals surface area (Å²) in [7, 11) is 0. The SMILES string of the molecule is O=CN(c1cccnc1)c1c(OCc2ccncc2)c2ccccc2n1Cc1ccc(F)cc1. The zero-order valence-electron chi connectivity index (χ0n) is 18.2. The molecule has 0 spiro atoms. The molecule has 1 amide bonds. The van der Waals surface area contributed by atoms with E-state index in [1.807, 2.05) is 47.0 Å². The Balaban J connectivity index is 1.68. The fraction of sp³-hybridized carbons (Fsp3) is 0.0741. The fourth-order valence-corrected chi connectivity index (χ4v) is 3.94. The quantitative estimate of drug-likeness (QED) is 0.292. The molecule has 0 fully saturated rings. The van der Waals surface area contributed by atoms with E-state index in [0.29, 0.717) is 30.4 Å². The molecule has 0 N–H and O–H groups in total. The summed E-state index contributed by atoms with van der Waals surface area (Å²) in [6.45, 7) is 0.721. The normalized spacial score (nSPS) is 10.9. The molecule has 0 saturated carbocycles. The van der Waals surface area contributed by atoms with Crippen molar-refractivity contribution in [3.63, 3.8) is 0 Å². The second kappa shape index (κ2) is 9.54. The van der Waals surface area contributed by atoms with Gasteiger partial charge >= 0.3 is 0 Å². The van der Waals surface area contributed by atoms with Crippen LogP contribution in [0.25, 0.3) is 10.9 Å². The Bertz CT molecular complexity index is 1400. The molecule has 2 aromatic carbocycles. The van der Waals surface area contributed by atoms with E-state index in [4.69, 9.17) is 4.74 Å². The summed E-state index contributed by atoms with van der Waals surface area (Å²) in [5, 5.41) is 0.865. The summed E-state index contributed by atoms with van der Waals surface area (Å²) < 4.78 is 21.9. The maximum absolute atomic E-state index is 13.5. The minimum atomic E-state index is -0.299. The van der Waals surface area contributed by atoms with Gasteiger partial charge in [0.15, 0.2) is 11.6 Å². The van der Waals surface area contributed by atoms with E-state index in [1.54, 1.807) is 43.0 Å². The number of halogens is 1. The predicted molar refractivity (Wildman–Crippen MR) is 128 cm³/mol. The highest BCUT2D eigenvalue weighted by Crippen LogP contribution is 2.42. The summed E-state index contributed by atoms with van der Waals surface area (Å²) in [5.41, 5.74) is 3.34. The third-order valence-electron chi connectivity index (χ3n) is 5.54. The molecular weight excluding hydrogens is 431 g/mol. The van der Waals surface area contributed by atoms with E-state index < -0.39 is 0 Å². The zero-order chi connectivity index (χ0) is 23.3. The Hall–Kier alpha value is -4.52. The van der Waals surface area contributed by atoms with Gasteiger partial charge in [-0.2, -0.15) is 0 Å². The number of rotatable bonds is 8. The van der Waals surface area contributed by atoms with Crippen LogP contribution in [0.2, 0.25) is 0 Å². The monoisotopic (exact) mass is 452 g/mol. The molecular formula is C27H21FN4O2. The molecule has 5 rings (SSSR count). The number of para-hydroxylation sites is 1. The van der Waals surface area contributed by atoms with Crippen LogP contribution in [0.1, 0.15) is 11.1 Å². The molecule has 5 aromatic rings. The van der Waals surface area contributed by atoms with Crippen LogP contribution in [0, 0.1) is 5.82 Å². The average molecular weight is 452 g/mol. The molecule has 3 heterocycles. The van der Waals surface area contributed by atoms with Gasteiger partial charge in [-0.15, -0.1) is 0 Å². The van der Waals surface area contributed by atoms with Crippen molar-refractivity contribution < 1.29 is 13.9 Å². The largest absolute Gasteiger partial charge is 0.484 e. The van der Waals surface area contributed by atoms with Crippen LogP contribution in [-0.4, -0.2) is 20.9 Å². The first-order valence-corrected chi connectivity index (χ1v) is 10.8. The molecule has 0 aliphatic carbocycles. The zero-order valence-corrected chi connectivity index (χ0v) is 18.2. The molecule has 7 heteroatoms. The Morgan fingerprint density at radius 3 is 2.41 bits per heavy atom. The molecule has 0 aliphatic rings. The summed E-state index contributed by atoms with van der Waals surface area (Å²) in [6, 6.07) is 21.5. The molecule has 6 nitrogen and oxygen atoms in total. The van der Waals surface area contributed by atoms with Crippen LogP contribution in [0.15, 0.2) is 97.6 Å². The topological polar surface area (TPSA) is 60.3 Å². The van der Waals surface area contributed by atoms with Crippen LogP contribution in [-0.2, 0) is 17.9 Å². The van der Waals surface area contributed by atoms with E-state index in [1.165, 1.54) is 17.0 Å². The van der Waals surface area contributed by atoms with Crippen molar-refractivity contribution in [3.05, 3.63) is 115 Å². The van der Waals surface area contributed by atoms with Crippen molar-refractivity contribution >= 4 is 28.8 Å². The van der Waals surface area contributed by atoms with Crippen molar-refractivity contribution in [2.24, 2.45) is 0 Å². The lowest BCUT2D eigenvalue weighted by Gasteiger charge is -2.22. The second-order valence-corrected chi connectivity index (χ2v) is 7.71. The van der Waals surface area contributed by atoms with Gasteiger partial charge in [0, 0.05) is 30.5 Å². The summed E-state index contributed by atoms with van der Waals surface area (Å²) >= 11 is 0. The van der Waals surface area contributed by atoms with Gasteiger partial charge < -0.3 is 9.30 Å². The molecule has 0 radical (unpaired) electrons. The molecule has 0 unspecified atom stereocenters. The Kier molecular flexibility index (Phi) is 5.99. The molecule has 0 saturated heterocycles. The van der Waals surface area contributed by atoms with Crippen LogP contribution in [0.5, 0.6) is 5.75 Å². The van der Waals surface area contributed by atoms with Gasteiger partial charge in [-0.25, -0.2) is 4.39 Å². The molecule has 0 bridgehead atoms. The van der Waals surface area contributed by atoms with Gasteiger partial charge in [0.05, 0.1) is 17.4 Å². The minimum Gasteiger partial charge on any atom is -0.484 e. The molecule has 0 atom stereocenters. The number of pyridine rings is 2. The number of anilines is 2. The Morgan fingerprint density at radius 2 is 1.68 bits per heavy atom. The third kappa shape index (κ3) is 4.23. The van der Waals surface area contributed by atoms with E-state index >= 15 is 0 Å². The van der Waals surface area contributed by atoms with Gasteiger partial charge in [-0.05, 0) is 59.7 Å². The number of hydrogen-bond acceptors (Lipinski definition) is 4. The van der Waals surface area contributed by atoms with Gasteiger partial charge in [-0.1, -0.05) is 24.3 Å². The second-order valence-electron chi connectivity index (χ2n) is 7.71. The lowest BCUT2D eigenvalue weighted by molar-refractivity contribution is -0.106. The van der Waals surface area contributed by atoms with Gasteiger partial charge in [-0.3, -0.25) is 19.7 Å². The number of carbonyl (C=O) groups excluding carboxylic acids is 1. The lowest BCUT2D eigenvalue weighted by atomic mass is 10.2. The first-order valence-electron chi connectivity index (χ1n) is 10.8. The van der Waals surface area contributed by atoms with Crippen molar-refractivity contribution in [2.75, 3.05) is 4.90 Å². The van der Waals surface area contributed by atoms with Crippen LogP contribution in [0.4, 0.5) is 15.9 Å². The first kappa shape index (κ1) is 21.3. The molecule has 0 aliphatic heterocycles. The highest BCUT2D eigenvalue weighted by Gasteiger charge is 2.25. The smallest absolute Gasteiger partial charge is 0.220 e. The Morgan fingerprint density at radius 1 is 0.882 bits per heavy atom. The van der Waals surface area contributed by atoms with Crippen molar-refractivity contribution in [3.8, 4) is 5.75 Å². The summed E-state index contributed by atoms with van der Waals surface area (Å²) in [4.78, 5) is 22.2. The Labute approximate surface area is 195 Å². The van der Waals surface area contributed by atoms with E-state index in [9.17, 15) is 9.18 Å². The number of fused-ring (bicyclic) bond motifs is 1. The van der Waals surface area contributed by atoms with Gasteiger partial charge in [0.2, 0.25) is 6.41 Å². The predicted octanol–water partition coefficient (Wildman–Crippen LogP) is 5.49. The molecule has 3 aromatic heterocycles. The number of hydrogen-bond donors (Lipinski definition) is 0. The highest BCUT2D eigenvalue weighted by atomic mass is 19.1. The lowest BCUT2D eigenvalue weighted by Crippen LogP contribution is -2.19. The number of benzene rings is 2. The number of nitrogens with zero attached hydrogens (tertiary/aromatic N) is 4. The van der Waals surface area contributed by atoms with E-state index in [0.717, 1.165) is 28.4 Å². The number of amides is 1. The van der Waals surface area contributed by atoms with Crippen molar-refractivity contribution in [1.82, 2.24) is 14.5 Å². The first-order chi connectivity index (χ1) is 16.7. The summed E-state index contributed by atoms with van der Waals surface area (Å²) in [5.74, 6) is 0.848. The highest BCUT2D eigenvalue weighted by molar-refractivity contribution is 5.99. The fourth-order valence-electron chi connectivity index (χ4n) is 3.94. The molecule has 34 heavy (non-hydrogen) atoms. The minimum absolute atomic E-state index is 0.299. The third-order valence-corrected chi connectivity index (χ3v) is 5.54. The van der Waals surface area contributed by atoms with E-state index in [2.05, 4.69) is 9.97 Å². The molecule has 168 valence electrons.